The van der Waals surface area contributed by atoms with Gasteiger partial charge < -0.3 is 5.32 Å². The van der Waals surface area contributed by atoms with Crippen molar-refractivity contribution in [2.75, 3.05) is 19.3 Å². The van der Waals surface area contributed by atoms with Crippen LogP contribution in [0.1, 0.15) is 39.0 Å². The molecule has 0 aromatic carbocycles. The molecule has 0 bridgehead atoms. The second-order valence-corrected chi connectivity index (χ2v) is 5.79. The SMILES string of the molecule is C=CCCCCCNCCC(C)S(C)=O. The number of rotatable bonds is 10. The lowest BCUT2D eigenvalue weighted by Crippen LogP contribution is -2.22. The lowest BCUT2D eigenvalue weighted by atomic mass is 10.2. The van der Waals surface area contributed by atoms with E-state index in [0.717, 1.165) is 25.9 Å². The molecule has 0 aromatic rings. The fourth-order valence-corrected chi connectivity index (χ4v) is 1.76. The lowest BCUT2D eigenvalue weighted by molar-refractivity contribution is 0.586. The van der Waals surface area contributed by atoms with E-state index in [1.807, 2.05) is 13.0 Å². The molecule has 0 aromatic heterocycles. The van der Waals surface area contributed by atoms with E-state index in [1.165, 1.54) is 19.3 Å². The summed E-state index contributed by atoms with van der Waals surface area (Å²) in [5.41, 5.74) is 0. The van der Waals surface area contributed by atoms with Crippen molar-refractivity contribution in [1.29, 1.82) is 0 Å². The Morgan fingerprint density at radius 2 is 2.07 bits per heavy atom. The zero-order valence-electron chi connectivity index (χ0n) is 10.1. The first-order valence-electron chi connectivity index (χ1n) is 5.82. The van der Waals surface area contributed by atoms with Gasteiger partial charge in [0.05, 0.1) is 0 Å². The molecular formula is C12H25NOS. The van der Waals surface area contributed by atoms with Gasteiger partial charge in [-0.25, -0.2) is 0 Å². The predicted octanol–water partition coefficient (Wildman–Crippen LogP) is 2.48. The Kier molecular flexibility index (Phi) is 10.3. The van der Waals surface area contributed by atoms with Crippen LogP contribution in [0.15, 0.2) is 12.7 Å². The summed E-state index contributed by atoms with van der Waals surface area (Å²) in [5.74, 6) is 0. The molecule has 0 aliphatic carbocycles. The van der Waals surface area contributed by atoms with Crippen LogP contribution in [0.3, 0.4) is 0 Å². The number of hydrogen-bond acceptors (Lipinski definition) is 2. The van der Waals surface area contributed by atoms with Crippen molar-refractivity contribution in [2.24, 2.45) is 0 Å². The van der Waals surface area contributed by atoms with Gasteiger partial charge in [0.2, 0.25) is 0 Å². The number of unbranched alkanes of at least 4 members (excludes halogenated alkanes) is 3. The van der Waals surface area contributed by atoms with E-state index in [9.17, 15) is 4.21 Å². The molecule has 3 heteroatoms. The van der Waals surface area contributed by atoms with E-state index < -0.39 is 10.8 Å². The number of hydrogen-bond donors (Lipinski definition) is 1. The summed E-state index contributed by atoms with van der Waals surface area (Å²) >= 11 is 0. The molecule has 15 heavy (non-hydrogen) atoms. The fraction of sp³-hybridized carbons (Fsp3) is 0.833. The van der Waals surface area contributed by atoms with E-state index in [2.05, 4.69) is 11.9 Å². The van der Waals surface area contributed by atoms with Gasteiger partial charge in [-0.3, -0.25) is 4.21 Å². The highest BCUT2D eigenvalue weighted by atomic mass is 32.2. The van der Waals surface area contributed by atoms with Gasteiger partial charge in [0.15, 0.2) is 0 Å². The summed E-state index contributed by atoms with van der Waals surface area (Å²) in [7, 11) is -0.673. The van der Waals surface area contributed by atoms with Crippen LogP contribution < -0.4 is 5.32 Å². The molecule has 0 aliphatic heterocycles. The Morgan fingerprint density at radius 3 is 2.67 bits per heavy atom. The van der Waals surface area contributed by atoms with Crippen LogP contribution in [-0.4, -0.2) is 28.8 Å². The second-order valence-electron chi connectivity index (χ2n) is 3.99. The summed E-state index contributed by atoms with van der Waals surface area (Å²) in [5, 5.41) is 3.71. The number of nitrogens with one attached hydrogen (secondary N) is 1. The fourth-order valence-electron chi connectivity index (χ4n) is 1.31. The van der Waals surface area contributed by atoms with E-state index in [1.54, 1.807) is 6.26 Å². The minimum absolute atomic E-state index is 0.318. The van der Waals surface area contributed by atoms with Gasteiger partial charge in [-0.05, 0) is 38.8 Å². The molecule has 0 saturated carbocycles. The Morgan fingerprint density at radius 1 is 1.33 bits per heavy atom. The summed E-state index contributed by atoms with van der Waals surface area (Å²) in [6, 6.07) is 0. The molecule has 90 valence electrons. The van der Waals surface area contributed by atoms with Crippen molar-refractivity contribution in [1.82, 2.24) is 5.32 Å². The topological polar surface area (TPSA) is 29.1 Å². The minimum Gasteiger partial charge on any atom is -0.317 e. The predicted molar refractivity (Wildman–Crippen MR) is 69.7 cm³/mol. The van der Waals surface area contributed by atoms with Crippen molar-refractivity contribution < 1.29 is 4.21 Å². The van der Waals surface area contributed by atoms with E-state index >= 15 is 0 Å². The monoisotopic (exact) mass is 231 g/mol. The first-order valence-corrected chi connectivity index (χ1v) is 7.44. The quantitative estimate of drug-likeness (QED) is 0.462. The van der Waals surface area contributed by atoms with Gasteiger partial charge in [-0.1, -0.05) is 19.4 Å². The molecule has 0 rings (SSSR count). The molecule has 1 N–H and O–H groups in total. The van der Waals surface area contributed by atoms with Gasteiger partial charge in [-0.15, -0.1) is 6.58 Å². The molecule has 0 aliphatic rings. The summed E-state index contributed by atoms with van der Waals surface area (Å²) in [4.78, 5) is 0. The Labute approximate surface area is 97.0 Å². The van der Waals surface area contributed by atoms with Gasteiger partial charge >= 0.3 is 0 Å². The molecule has 2 nitrogen and oxygen atoms in total. The molecular weight excluding hydrogens is 206 g/mol. The first kappa shape index (κ1) is 14.8. The normalized spacial score (nSPS) is 14.8. The van der Waals surface area contributed by atoms with Gasteiger partial charge in [0, 0.05) is 22.3 Å². The van der Waals surface area contributed by atoms with Crippen LogP contribution >= 0.6 is 0 Å². The van der Waals surface area contributed by atoms with Gasteiger partial charge in [-0.2, -0.15) is 0 Å². The smallest absolute Gasteiger partial charge is 0.0329 e. The molecule has 0 heterocycles. The third kappa shape index (κ3) is 10.1. The average molecular weight is 231 g/mol. The van der Waals surface area contributed by atoms with Crippen LogP contribution in [0.25, 0.3) is 0 Å². The summed E-state index contributed by atoms with van der Waals surface area (Å²) < 4.78 is 11.1. The maximum atomic E-state index is 11.1. The molecule has 0 amide bonds. The van der Waals surface area contributed by atoms with Crippen LogP contribution in [0.5, 0.6) is 0 Å². The molecule has 0 spiro atoms. The van der Waals surface area contributed by atoms with Crippen molar-refractivity contribution >= 4 is 10.8 Å². The van der Waals surface area contributed by atoms with Crippen molar-refractivity contribution in [3.8, 4) is 0 Å². The summed E-state index contributed by atoms with van der Waals surface area (Å²) in [6.45, 7) is 7.81. The third-order valence-corrected chi connectivity index (χ3v) is 3.93. The largest absolute Gasteiger partial charge is 0.317 e. The zero-order chi connectivity index (χ0) is 11.5. The highest BCUT2D eigenvalue weighted by Gasteiger charge is 2.04. The van der Waals surface area contributed by atoms with Crippen LogP contribution in [-0.2, 0) is 10.8 Å². The zero-order valence-corrected chi connectivity index (χ0v) is 10.9. The second kappa shape index (κ2) is 10.4. The molecule has 0 radical (unpaired) electrons. The molecule has 0 saturated heterocycles. The maximum Gasteiger partial charge on any atom is 0.0329 e. The maximum absolute atomic E-state index is 11.1. The van der Waals surface area contributed by atoms with Crippen LogP contribution in [0, 0.1) is 0 Å². The first-order chi connectivity index (χ1) is 7.18. The lowest BCUT2D eigenvalue weighted by Gasteiger charge is -2.08. The minimum atomic E-state index is -0.673. The van der Waals surface area contributed by atoms with Gasteiger partial charge in [0.1, 0.15) is 0 Å². The Balaban J connectivity index is 3.11. The highest BCUT2D eigenvalue weighted by Crippen LogP contribution is 2.00. The van der Waals surface area contributed by atoms with E-state index in [0.29, 0.717) is 5.25 Å². The average Bonchev–Trinajstić information content (AvgIpc) is 2.21. The van der Waals surface area contributed by atoms with Crippen LogP contribution in [0.2, 0.25) is 0 Å². The summed E-state index contributed by atoms with van der Waals surface area (Å²) in [6.07, 6.45) is 9.65. The van der Waals surface area contributed by atoms with Crippen molar-refractivity contribution in [3.63, 3.8) is 0 Å². The molecule has 0 fully saturated rings. The highest BCUT2D eigenvalue weighted by molar-refractivity contribution is 7.84. The van der Waals surface area contributed by atoms with Crippen LogP contribution in [0.4, 0.5) is 0 Å². The third-order valence-electron chi connectivity index (χ3n) is 2.56. The van der Waals surface area contributed by atoms with Crippen molar-refractivity contribution in [3.05, 3.63) is 12.7 Å². The molecule has 2 atom stereocenters. The Hall–Kier alpha value is -0.150. The Bertz CT molecular complexity index is 182. The van der Waals surface area contributed by atoms with Crippen molar-refractivity contribution in [2.45, 2.75) is 44.3 Å². The molecule has 2 unspecified atom stereocenters. The van der Waals surface area contributed by atoms with Gasteiger partial charge in [0.25, 0.3) is 0 Å². The standard InChI is InChI=1S/C12H25NOS/c1-4-5-6-7-8-10-13-11-9-12(2)15(3)14/h4,12-13H,1,5-11H2,2-3H3. The van der Waals surface area contributed by atoms with E-state index in [-0.39, 0.29) is 0 Å². The van der Waals surface area contributed by atoms with E-state index in [4.69, 9.17) is 0 Å². The number of allylic oxidation sites excluding steroid dienone is 1.